The number of imidazole rings is 1. The molecule has 0 fully saturated rings. The molecule has 4 aromatic rings. The van der Waals surface area contributed by atoms with E-state index >= 15 is 0 Å². The van der Waals surface area contributed by atoms with E-state index in [1.165, 1.54) is 4.90 Å². The SMILES string of the molecule is Cn1c(CNc2ccc(C(=N)N)cc2)nc2cc(C(=O)N(CCC(=O)NCCN)c3ccccn3)ccc21. The number of nitrogens with zero attached hydrogens (tertiary/aromatic N) is 4. The highest BCUT2D eigenvalue weighted by molar-refractivity contribution is 6.07. The Morgan fingerprint density at radius 3 is 2.53 bits per heavy atom. The Bertz CT molecular complexity index is 1430. The van der Waals surface area contributed by atoms with Crippen molar-refractivity contribution in [3.05, 3.63) is 83.8 Å². The van der Waals surface area contributed by atoms with Gasteiger partial charge in [0.2, 0.25) is 5.91 Å². The number of carbonyl (C=O) groups is 2. The highest BCUT2D eigenvalue weighted by Crippen LogP contribution is 2.21. The van der Waals surface area contributed by atoms with Crippen molar-refractivity contribution in [2.75, 3.05) is 29.9 Å². The van der Waals surface area contributed by atoms with Gasteiger partial charge in [0.05, 0.1) is 17.6 Å². The van der Waals surface area contributed by atoms with Crippen molar-refractivity contribution in [2.24, 2.45) is 18.5 Å². The number of carbonyl (C=O) groups excluding carboxylic acids is 2. The first kappa shape index (κ1) is 26.3. The summed E-state index contributed by atoms with van der Waals surface area (Å²) in [7, 11) is 1.92. The average molecular weight is 514 g/mol. The molecule has 0 aliphatic carbocycles. The molecule has 0 bridgehead atoms. The summed E-state index contributed by atoms with van der Waals surface area (Å²) in [6, 6.07) is 18.0. The Labute approximate surface area is 220 Å². The number of aryl methyl sites for hydroxylation is 1. The van der Waals surface area contributed by atoms with Gasteiger partial charge in [0.1, 0.15) is 17.5 Å². The van der Waals surface area contributed by atoms with Gasteiger partial charge in [0.25, 0.3) is 5.91 Å². The zero-order valence-corrected chi connectivity index (χ0v) is 21.1. The lowest BCUT2D eigenvalue weighted by Gasteiger charge is -2.21. The van der Waals surface area contributed by atoms with E-state index in [2.05, 4.69) is 15.6 Å². The smallest absolute Gasteiger partial charge is 0.259 e. The Morgan fingerprint density at radius 1 is 1.08 bits per heavy atom. The molecule has 4 rings (SSSR count). The number of hydrogen-bond donors (Lipinski definition) is 5. The van der Waals surface area contributed by atoms with Crippen molar-refractivity contribution in [3.63, 3.8) is 0 Å². The van der Waals surface area contributed by atoms with E-state index in [-0.39, 0.29) is 30.6 Å². The first-order valence-electron chi connectivity index (χ1n) is 12.2. The Morgan fingerprint density at radius 2 is 1.84 bits per heavy atom. The molecule has 0 spiro atoms. The van der Waals surface area contributed by atoms with Crippen LogP contribution in [0.4, 0.5) is 11.5 Å². The highest BCUT2D eigenvalue weighted by atomic mass is 16.2. The monoisotopic (exact) mass is 513 g/mol. The third kappa shape index (κ3) is 6.13. The lowest BCUT2D eigenvalue weighted by molar-refractivity contribution is -0.120. The molecule has 2 aromatic carbocycles. The molecule has 0 aliphatic rings. The number of amidine groups is 1. The molecular weight excluding hydrogens is 482 g/mol. The normalized spacial score (nSPS) is 10.8. The molecule has 0 saturated carbocycles. The fourth-order valence-electron chi connectivity index (χ4n) is 3.99. The third-order valence-corrected chi connectivity index (χ3v) is 6.07. The van der Waals surface area contributed by atoms with Gasteiger partial charge in [0, 0.05) is 56.1 Å². The van der Waals surface area contributed by atoms with E-state index in [1.54, 1.807) is 48.7 Å². The van der Waals surface area contributed by atoms with Crippen molar-refractivity contribution < 1.29 is 9.59 Å². The van der Waals surface area contributed by atoms with Crippen molar-refractivity contribution in [2.45, 2.75) is 13.0 Å². The Kier molecular flexibility index (Phi) is 8.29. The van der Waals surface area contributed by atoms with Gasteiger partial charge in [-0.25, -0.2) is 9.97 Å². The fraction of sp³-hybridized carbons (Fsp3) is 0.222. The van der Waals surface area contributed by atoms with E-state index in [0.717, 1.165) is 17.0 Å². The summed E-state index contributed by atoms with van der Waals surface area (Å²) in [4.78, 5) is 36.3. The van der Waals surface area contributed by atoms with Gasteiger partial charge in [-0.15, -0.1) is 0 Å². The molecule has 2 amide bonds. The molecule has 196 valence electrons. The van der Waals surface area contributed by atoms with Crippen molar-refractivity contribution >= 4 is 40.2 Å². The number of benzene rings is 2. The topological polar surface area (TPSA) is 168 Å². The number of rotatable bonds is 11. The molecule has 11 heteroatoms. The van der Waals surface area contributed by atoms with Crippen LogP contribution in [-0.4, -0.2) is 51.8 Å². The molecule has 0 saturated heterocycles. The van der Waals surface area contributed by atoms with Crippen LogP contribution in [0.2, 0.25) is 0 Å². The average Bonchev–Trinajstić information content (AvgIpc) is 3.26. The largest absolute Gasteiger partial charge is 0.384 e. The number of amides is 2. The summed E-state index contributed by atoms with van der Waals surface area (Å²) in [6.45, 7) is 1.37. The number of anilines is 2. The maximum absolute atomic E-state index is 13.6. The molecule has 7 N–H and O–H groups in total. The zero-order chi connectivity index (χ0) is 27.1. The first-order valence-corrected chi connectivity index (χ1v) is 12.2. The summed E-state index contributed by atoms with van der Waals surface area (Å²) in [6.07, 6.45) is 1.73. The number of hydrogen-bond acceptors (Lipinski definition) is 7. The van der Waals surface area contributed by atoms with E-state index in [1.807, 2.05) is 29.8 Å². The van der Waals surface area contributed by atoms with Crippen molar-refractivity contribution in [1.29, 1.82) is 5.41 Å². The lowest BCUT2D eigenvalue weighted by Crippen LogP contribution is -2.37. The standard InChI is InChI=1S/C27H31N9O2/c1-35-22-10-7-19(16-21(22)34-24(35)17-33-20-8-5-18(6-9-20)26(29)30)27(38)36(23-4-2-3-13-31-23)15-11-25(37)32-14-12-28/h2-10,13,16,33H,11-12,14-15,17,28H2,1H3,(H3,29,30)(H,32,37). The number of pyridine rings is 1. The van der Waals surface area contributed by atoms with Crippen molar-refractivity contribution in [1.82, 2.24) is 19.9 Å². The first-order chi connectivity index (χ1) is 18.4. The minimum Gasteiger partial charge on any atom is -0.384 e. The van der Waals surface area contributed by atoms with Gasteiger partial charge in [-0.05, 0) is 54.6 Å². The second-order valence-corrected chi connectivity index (χ2v) is 8.67. The van der Waals surface area contributed by atoms with Gasteiger partial charge in [-0.3, -0.25) is 19.9 Å². The zero-order valence-electron chi connectivity index (χ0n) is 21.1. The van der Waals surface area contributed by atoms with Gasteiger partial charge in [-0.2, -0.15) is 0 Å². The fourth-order valence-corrected chi connectivity index (χ4v) is 3.99. The number of aromatic nitrogens is 3. The van der Waals surface area contributed by atoms with Crippen LogP contribution in [-0.2, 0) is 18.4 Å². The molecule has 2 heterocycles. The predicted octanol–water partition coefficient (Wildman–Crippen LogP) is 1.98. The Balaban J connectivity index is 1.53. The quantitative estimate of drug-likeness (QED) is 0.151. The van der Waals surface area contributed by atoms with E-state index < -0.39 is 0 Å². The summed E-state index contributed by atoms with van der Waals surface area (Å²) < 4.78 is 1.97. The molecular formula is C27H31N9O2. The Hall–Kier alpha value is -4.77. The summed E-state index contributed by atoms with van der Waals surface area (Å²) in [5.41, 5.74) is 14.5. The van der Waals surface area contributed by atoms with Gasteiger partial charge in [0.15, 0.2) is 0 Å². The van der Waals surface area contributed by atoms with Crippen molar-refractivity contribution in [3.8, 4) is 0 Å². The maximum Gasteiger partial charge on any atom is 0.259 e. The highest BCUT2D eigenvalue weighted by Gasteiger charge is 2.21. The van der Waals surface area contributed by atoms with Crippen LogP contribution in [0.3, 0.4) is 0 Å². The van der Waals surface area contributed by atoms with Crippen LogP contribution < -0.4 is 27.0 Å². The van der Waals surface area contributed by atoms with Crippen LogP contribution in [0.1, 0.15) is 28.2 Å². The molecule has 0 radical (unpaired) electrons. The third-order valence-electron chi connectivity index (χ3n) is 6.07. The second-order valence-electron chi connectivity index (χ2n) is 8.67. The number of nitrogen functional groups attached to an aromatic ring is 1. The molecule has 11 nitrogen and oxygen atoms in total. The minimum absolute atomic E-state index is 0.0220. The number of nitrogens with two attached hydrogens (primary N) is 2. The van der Waals surface area contributed by atoms with Gasteiger partial charge < -0.3 is 26.7 Å². The predicted molar refractivity (Wildman–Crippen MR) is 148 cm³/mol. The van der Waals surface area contributed by atoms with E-state index in [4.69, 9.17) is 21.9 Å². The van der Waals surface area contributed by atoms with Gasteiger partial charge in [-0.1, -0.05) is 6.07 Å². The van der Waals surface area contributed by atoms with Crippen LogP contribution in [0.5, 0.6) is 0 Å². The molecule has 0 unspecified atom stereocenters. The van der Waals surface area contributed by atoms with Crippen LogP contribution in [0.25, 0.3) is 11.0 Å². The summed E-state index contributed by atoms with van der Waals surface area (Å²) in [5.74, 6) is 0.823. The molecule has 38 heavy (non-hydrogen) atoms. The lowest BCUT2D eigenvalue weighted by atomic mass is 10.1. The van der Waals surface area contributed by atoms with E-state index in [9.17, 15) is 9.59 Å². The van der Waals surface area contributed by atoms with E-state index in [0.29, 0.717) is 42.1 Å². The minimum atomic E-state index is -0.270. The maximum atomic E-state index is 13.6. The molecule has 0 aliphatic heterocycles. The summed E-state index contributed by atoms with van der Waals surface area (Å²) in [5, 5.41) is 13.6. The molecule has 0 atom stereocenters. The van der Waals surface area contributed by atoms with Gasteiger partial charge >= 0.3 is 0 Å². The van der Waals surface area contributed by atoms with Crippen LogP contribution >= 0.6 is 0 Å². The van der Waals surface area contributed by atoms with Crippen LogP contribution in [0.15, 0.2) is 66.9 Å². The van der Waals surface area contributed by atoms with Crippen LogP contribution in [0, 0.1) is 5.41 Å². The summed E-state index contributed by atoms with van der Waals surface area (Å²) >= 11 is 0. The number of nitrogens with one attached hydrogen (secondary N) is 3. The number of fused-ring (bicyclic) bond motifs is 1. The molecule has 2 aromatic heterocycles. The second kappa shape index (κ2) is 12.0.